The minimum Gasteiger partial charge on any atom is -0.493 e. The molecule has 2 aromatic carbocycles. The van der Waals surface area contributed by atoms with Crippen LogP contribution >= 0.6 is 27.7 Å². The van der Waals surface area contributed by atoms with E-state index in [1.807, 2.05) is 30.3 Å². The van der Waals surface area contributed by atoms with Crippen molar-refractivity contribution in [3.8, 4) is 23.8 Å². The molecule has 1 amide bonds. The number of carbonyl (C=O) groups excluding carboxylic acids is 1. The SMILES string of the molecule is C#CCOc1cc(Br)c(C=C2SC(=Nc3ccccc3)N(CCOC)C2=O)cc1OC. The smallest absolute Gasteiger partial charge is 0.266 e. The van der Waals surface area contributed by atoms with Crippen LogP contribution in [0.15, 0.2) is 56.8 Å². The first-order chi connectivity index (χ1) is 15.1. The summed E-state index contributed by atoms with van der Waals surface area (Å²) in [6.07, 6.45) is 7.08. The number of terminal acetylenes is 1. The molecule has 6 nitrogen and oxygen atoms in total. The van der Waals surface area contributed by atoms with Crippen LogP contribution in [-0.2, 0) is 9.53 Å². The van der Waals surface area contributed by atoms with Gasteiger partial charge in [-0.05, 0) is 47.7 Å². The Bertz CT molecular complexity index is 1050. The highest BCUT2D eigenvalue weighted by atomic mass is 79.9. The lowest BCUT2D eigenvalue weighted by Gasteiger charge is -2.14. The zero-order chi connectivity index (χ0) is 22.2. The Morgan fingerprint density at radius 3 is 2.68 bits per heavy atom. The standard InChI is InChI=1S/C23H21BrN2O4S/c1-4-11-30-20-15-18(24)16(13-19(20)29-3)14-21-22(27)26(10-12-28-2)23(31-21)25-17-8-6-5-7-9-17/h1,5-9,13-15H,10-12H2,2-3H3. The van der Waals surface area contributed by atoms with Gasteiger partial charge in [-0.25, -0.2) is 4.99 Å². The van der Waals surface area contributed by atoms with Crippen LogP contribution in [0, 0.1) is 12.3 Å². The second-order valence-corrected chi connectivity index (χ2v) is 8.17. The van der Waals surface area contributed by atoms with E-state index in [1.54, 1.807) is 37.3 Å². The lowest BCUT2D eigenvalue weighted by Crippen LogP contribution is -2.32. The topological polar surface area (TPSA) is 60.4 Å². The van der Waals surface area contributed by atoms with Crippen LogP contribution in [0.5, 0.6) is 11.5 Å². The average Bonchev–Trinajstić information content (AvgIpc) is 3.06. The summed E-state index contributed by atoms with van der Waals surface area (Å²) in [5, 5.41) is 0.608. The van der Waals surface area contributed by atoms with E-state index in [9.17, 15) is 4.79 Å². The molecule has 1 heterocycles. The van der Waals surface area contributed by atoms with Gasteiger partial charge in [-0.3, -0.25) is 9.69 Å². The van der Waals surface area contributed by atoms with Gasteiger partial charge >= 0.3 is 0 Å². The largest absolute Gasteiger partial charge is 0.493 e. The number of hydrogen-bond donors (Lipinski definition) is 0. The number of hydrogen-bond acceptors (Lipinski definition) is 6. The van der Waals surface area contributed by atoms with Crippen molar-refractivity contribution in [2.24, 2.45) is 4.99 Å². The number of benzene rings is 2. The van der Waals surface area contributed by atoms with Gasteiger partial charge in [0.25, 0.3) is 5.91 Å². The number of nitrogens with zero attached hydrogens (tertiary/aromatic N) is 2. The summed E-state index contributed by atoms with van der Waals surface area (Å²) in [7, 11) is 3.15. The summed E-state index contributed by atoms with van der Waals surface area (Å²) in [6, 6.07) is 13.1. The molecule has 0 aromatic heterocycles. The third kappa shape index (κ3) is 5.70. The van der Waals surface area contributed by atoms with E-state index in [2.05, 4.69) is 26.8 Å². The number of para-hydroxylation sites is 1. The Kier molecular flexibility index (Phi) is 8.18. The van der Waals surface area contributed by atoms with Gasteiger partial charge in [0.15, 0.2) is 16.7 Å². The fraction of sp³-hybridized carbons (Fsp3) is 0.217. The van der Waals surface area contributed by atoms with Crippen molar-refractivity contribution >= 4 is 50.5 Å². The molecular weight excluding hydrogens is 480 g/mol. The molecule has 0 N–H and O–H groups in total. The van der Waals surface area contributed by atoms with Gasteiger partial charge in [0.05, 0.1) is 30.9 Å². The second-order valence-electron chi connectivity index (χ2n) is 6.31. The van der Waals surface area contributed by atoms with Crippen molar-refractivity contribution in [1.29, 1.82) is 0 Å². The number of methoxy groups -OCH3 is 2. The molecule has 0 aliphatic carbocycles. The number of thioether (sulfide) groups is 1. The number of aliphatic imine (C=N–C) groups is 1. The molecule has 0 atom stereocenters. The van der Waals surface area contributed by atoms with Gasteiger partial charge in [-0.2, -0.15) is 0 Å². The Morgan fingerprint density at radius 1 is 1.23 bits per heavy atom. The zero-order valence-corrected chi connectivity index (χ0v) is 19.5. The van der Waals surface area contributed by atoms with Crippen LogP contribution in [0.25, 0.3) is 6.08 Å². The van der Waals surface area contributed by atoms with Gasteiger partial charge in [-0.15, -0.1) is 6.42 Å². The number of carbonyl (C=O) groups is 1. The van der Waals surface area contributed by atoms with E-state index in [4.69, 9.17) is 20.6 Å². The van der Waals surface area contributed by atoms with Crippen molar-refractivity contribution in [3.63, 3.8) is 0 Å². The molecule has 1 saturated heterocycles. The number of rotatable bonds is 8. The zero-order valence-electron chi connectivity index (χ0n) is 17.1. The van der Waals surface area contributed by atoms with Crippen molar-refractivity contribution < 1.29 is 19.0 Å². The Hall–Kier alpha value is -2.73. The fourth-order valence-corrected chi connectivity index (χ4v) is 4.23. The maximum atomic E-state index is 13.1. The monoisotopic (exact) mass is 500 g/mol. The molecule has 2 aromatic rings. The number of amides is 1. The van der Waals surface area contributed by atoms with Crippen molar-refractivity contribution in [1.82, 2.24) is 4.90 Å². The first-order valence-electron chi connectivity index (χ1n) is 9.35. The fourth-order valence-electron chi connectivity index (χ4n) is 2.78. The molecule has 0 unspecified atom stereocenters. The van der Waals surface area contributed by atoms with Gasteiger partial charge in [0.2, 0.25) is 0 Å². The molecule has 0 bridgehead atoms. The van der Waals surface area contributed by atoms with E-state index in [0.717, 1.165) is 15.7 Å². The van der Waals surface area contributed by atoms with Gasteiger partial charge in [0.1, 0.15) is 6.61 Å². The molecule has 0 spiro atoms. The van der Waals surface area contributed by atoms with E-state index in [-0.39, 0.29) is 12.5 Å². The molecule has 31 heavy (non-hydrogen) atoms. The van der Waals surface area contributed by atoms with Crippen LogP contribution in [0.1, 0.15) is 5.56 Å². The number of ether oxygens (including phenoxy) is 3. The summed E-state index contributed by atoms with van der Waals surface area (Å²) < 4.78 is 16.9. The molecule has 0 saturated carbocycles. The Morgan fingerprint density at radius 2 is 2.00 bits per heavy atom. The summed E-state index contributed by atoms with van der Waals surface area (Å²) in [5.41, 5.74) is 1.55. The van der Waals surface area contributed by atoms with Gasteiger partial charge in [0, 0.05) is 11.6 Å². The maximum Gasteiger partial charge on any atom is 0.266 e. The predicted molar refractivity (Wildman–Crippen MR) is 128 cm³/mol. The summed E-state index contributed by atoms with van der Waals surface area (Å²) in [4.78, 5) is 19.9. The van der Waals surface area contributed by atoms with Gasteiger partial charge < -0.3 is 14.2 Å². The van der Waals surface area contributed by atoms with E-state index < -0.39 is 0 Å². The van der Waals surface area contributed by atoms with Crippen LogP contribution in [0.4, 0.5) is 5.69 Å². The van der Waals surface area contributed by atoms with Crippen LogP contribution < -0.4 is 9.47 Å². The molecule has 1 aliphatic rings. The summed E-state index contributed by atoms with van der Waals surface area (Å²) >= 11 is 4.86. The predicted octanol–water partition coefficient (Wildman–Crippen LogP) is 4.72. The third-order valence-electron chi connectivity index (χ3n) is 4.27. The average molecular weight is 501 g/mol. The highest BCUT2D eigenvalue weighted by molar-refractivity contribution is 9.10. The molecular formula is C23H21BrN2O4S. The van der Waals surface area contributed by atoms with Crippen molar-refractivity contribution in [2.45, 2.75) is 0 Å². The second kappa shape index (κ2) is 11.0. The Labute approximate surface area is 194 Å². The van der Waals surface area contributed by atoms with Crippen molar-refractivity contribution in [2.75, 3.05) is 34.0 Å². The minimum absolute atomic E-state index is 0.129. The number of halogens is 1. The molecule has 160 valence electrons. The minimum atomic E-state index is -0.129. The van der Waals surface area contributed by atoms with Crippen LogP contribution in [0.3, 0.4) is 0 Å². The lowest BCUT2D eigenvalue weighted by atomic mass is 10.2. The quantitative estimate of drug-likeness (QED) is 0.387. The van der Waals surface area contributed by atoms with Crippen LogP contribution in [-0.4, -0.2) is 50.0 Å². The van der Waals surface area contributed by atoms with Crippen molar-refractivity contribution in [3.05, 3.63) is 57.4 Å². The highest BCUT2D eigenvalue weighted by Crippen LogP contribution is 2.38. The lowest BCUT2D eigenvalue weighted by molar-refractivity contribution is -0.122. The van der Waals surface area contributed by atoms with E-state index >= 15 is 0 Å². The first-order valence-corrected chi connectivity index (χ1v) is 11.0. The normalized spacial score (nSPS) is 16.1. The first kappa shape index (κ1) is 22.9. The summed E-state index contributed by atoms with van der Waals surface area (Å²) in [6.45, 7) is 0.951. The third-order valence-corrected chi connectivity index (χ3v) is 5.96. The molecule has 1 aliphatic heterocycles. The van der Waals surface area contributed by atoms with E-state index in [1.165, 1.54) is 11.8 Å². The molecule has 1 fully saturated rings. The highest BCUT2D eigenvalue weighted by Gasteiger charge is 2.33. The number of amidine groups is 1. The summed E-state index contributed by atoms with van der Waals surface area (Å²) in [5.74, 6) is 3.35. The van der Waals surface area contributed by atoms with Gasteiger partial charge in [-0.1, -0.05) is 40.0 Å². The molecule has 0 radical (unpaired) electrons. The molecule has 3 rings (SSSR count). The maximum absolute atomic E-state index is 13.1. The molecule has 8 heteroatoms. The Balaban J connectivity index is 1.95. The van der Waals surface area contributed by atoms with Crippen LogP contribution in [0.2, 0.25) is 0 Å². The van der Waals surface area contributed by atoms with E-state index in [0.29, 0.717) is 34.7 Å².